The number of amides is 2. The number of nitrogens with one attached hydrogen (secondary N) is 2. The number of fused-ring (bicyclic) bond motifs is 4. The summed E-state index contributed by atoms with van der Waals surface area (Å²) in [4.78, 5) is 26.1. The van der Waals surface area contributed by atoms with Gasteiger partial charge in [-0.25, -0.2) is 4.68 Å². The first-order chi connectivity index (χ1) is 14.4. The predicted molar refractivity (Wildman–Crippen MR) is 116 cm³/mol. The molecule has 0 bridgehead atoms. The Labute approximate surface area is 175 Å². The summed E-state index contributed by atoms with van der Waals surface area (Å²) in [6, 6.07) is 14.3. The fourth-order valence-electron chi connectivity index (χ4n) is 4.51. The minimum atomic E-state index is -1.04. The van der Waals surface area contributed by atoms with E-state index in [2.05, 4.69) is 59.9 Å². The smallest absolute Gasteiger partial charge is 0.240 e. The van der Waals surface area contributed by atoms with Gasteiger partial charge in [0, 0.05) is 17.7 Å². The average Bonchev–Trinajstić information content (AvgIpc) is 3.23. The molecule has 3 heterocycles. The highest BCUT2D eigenvalue weighted by molar-refractivity contribution is 6.14. The molecule has 3 aromatic rings. The molecule has 1 atom stereocenters. The van der Waals surface area contributed by atoms with E-state index in [1.165, 1.54) is 5.56 Å². The van der Waals surface area contributed by atoms with Gasteiger partial charge in [0.15, 0.2) is 0 Å². The van der Waals surface area contributed by atoms with E-state index in [1.54, 1.807) is 10.9 Å². The van der Waals surface area contributed by atoms with Crippen LogP contribution in [0.15, 0.2) is 48.7 Å². The molecular formula is C24H24N4O2. The van der Waals surface area contributed by atoms with Crippen LogP contribution in [0.1, 0.15) is 54.0 Å². The van der Waals surface area contributed by atoms with E-state index in [-0.39, 0.29) is 18.2 Å². The molecule has 152 valence electrons. The van der Waals surface area contributed by atoms with Crippen molar-refractivity contribution in [3.8, 4) is 0 Å². The van der Waals surface area contributed by atoms with Crippen LogP contribution >= 0.6 is 0 Å². The van der Waals surface area contributed by atoms with Gasteiger partial charge >= 0.3 is 0 Å². The molecule has 2 aliphatic rings. The second-order valence-corrected chi connectivity index (χ2v) is 8.59. The van der Waals surface area contributed by atoms with Crippen LogP contribution in [0, 0.1) is 6.92 Å². The van der Waals surface area contributed by atoms with Crippen molar-refractivity contribution in [1.29, 1.82) is 0 Å². The van der Waals surface area contributed by atoms with Crippen molar-refractivity contribution in [3.05, 3.63) is 76.5 Å². The van der Waals surface area contributed by atoms with E-state index >= 15 is 0 Å². The van der Waals surface area contributed by atoms with E-state index in [4.69, 9.17) is 0 Å². The van der Waals surface area contributed by atoms with Gasteiger partial charge in [-0.2, -0.15) is 5.10 Å². The second-order valence-electron chi connectivity index (χ2n) is 8.59. The van der Waals surface area contributed by atoms with Gasteiger partial charge in [-0.05, 0) is 35.6 Å². The van der Waals surface area contributed by atoms with Crippen molar-refractivity contribution in [3.63, 3.8) is 0 Å². The van der Waals surface area contributed by atoms with Crippen LogP contribution < -0.4 is 10.6 Å². The third kappa shape index (κ3) is 2.67. The lowest BCUT2D eigenvalue weighted by molar-refractivity contribution is -0.125. The Balaban J connectivity index is 1.64. The highest BCUT2D eigenvalue weighted by Gasteiger charge is 2.54. The second kappa shape index (κ2) is 6.55. The maximum Gasteiger partial charge on any atom is 0.240 e. The van der Waals surface area contributed by atoms with Crippen molar-refractivity contribution in [2.75, 3.05) is 10.6 Å². The maximum absolute atomic E-state index is 13.3. The third-order valence-electron chi connectivity index (χ3n) is 6.24. The number of carbonyl (C=O) groups is 2. The number of hydrogen-bond donors (Lipinski definition) is 2. The number of anilines is 2. The van der Waals surface area contributed by atoms with Crippen molar-refractivity contribution in [2.24, 2.45) is 0 Å². The minimum Gasteiger partial charge on any atom is -0.325 e. The largest absolute Gasteiger partial charge is 0.325 e. The van der Waals surface area contributed by atoms with E-state index in [0.717, 1.165) is 27.9 Å². The van der Waals surface area contributed by atoms with E-state index in [0.29, 0.717) is 18.3 Å². The molecule has 0 fully saturated rings. The summed E-state index contributed by atoms with van der Waals surface area (Å²) >= 11 is 0. The van der Waals surface area contributed by atoms with Gasteiger partial charge in [0.05, 0.1) is 12.7 Å². The lowest BCUT2D eigenvalue weighted by Gasteiger charge is -2.32. The monoisotopic (exact) mass is 400 g/mol. The molecule has 0 unspecified atom stereocenters. The van der Waals surface area contributed by atoms with Crippen LogP contribution in [-0.2, 0) is 21.5 Å². The summed E-state index contributed by atoms with van der Waals surface area (Å²) in [6.45, 7) is 6.81. The molecule has 0 aliphatic carbocycles. The summed E-state index contributed by atoms with van der Waals surface area (Å²) < 4.78 is 1.77. The molecule has 2 N–H and O–H groups in total. The summed E-state index contributed by atoms with van der Waals surface area (Å²) in [5, 5.41) is 10.5. The van der Waals surface area contributed by atoms with Crippen molar-refractivity contribution in [2.45, 2.75) is 45.1 Å². The summed E-state index contributed by atoms with van der Waals surface area (Å²) in [5.74, 6) is 0.587. The number of carbonyl (C=O) groups excluding carboxylic acids is 2. The van der Waals surface area contributed by atoms with Crippen LogP contribution in [0.2, 0.25) is 0 Å². The standard InChI is InChI=1S/C24H24N4O2/c1-14(2)17-8-9-20-18(10-17)24(23(30)26-20)11-21(29)27-22-19(24)12-25-28(22)13-16-6-4-15(3)5-7-16/h4-10,12,14H,11,13H2,1-3H3,(H,26,30)(H,27,29)/t24-/m0/s1. The first kappa shape index (κ1) is 18.6. The highest BCUT2D eigenvalue weighted by Crippen LogP contribution is 2.50. The molecule has 0 saturated heterocycles. The minimum absolute atomic E-state index is 0.0800. The summed E-state index contributed by atoms with van der Waals surface area (Å²) in [7, 11) is 0. The fourth-order valence-corrected chi connectivity index (χ4v) is 4.51. The quantitative estimate of drug-likeness (QED) is 0.699. The highest BCUT2D eigenvalue weighted by atomic mass is 16.2. The van der Waals surface area contributed by atoms with Crippen molar-refractivity contribution in [1.82, 2.24) is 9.78 Å². The lowest BCUT2D eigenvalue weighted by Crippen LogP contribution is -2.43. The SMILES string of the molecule is Cc1ccc(Cn2ncc3c2NC(=O)C[C@@]32C(=O)Nc3ccc(C(C)C)cc32)cc1. The Morgan fingerprint density at radius 3 is 2.57 bits per heavy atom. The molecule has 30 heavy (non-hydrogen) atoms. The van der Waals surface area contributed by atoms with Crippen LogP contribution in [0.4, 0.5) is 11.5 Å². The first-order valence-electron chi connectivity index (χ1n) is 10.3. The zero-order chi connectivity index (χ0) is 21.0. The Bertz CT molecular complexity index is 1180. The molecule has 2 aromatic carbocycles. The molecule has 2 amide bonds. The number of aromatic nitrogens is 2. The van der Waals surface area contributed by atoms with Gasteiger partial charge in [0.25, 0.3) is 0 Å². The predicted octanol–water partition coefficient (Wildman–Crippen LogP) is 3.94. The van der Waals surface area contributed by atoms with Gasteiger partial charge in [0.2, 0.25) is 11.8 Å². The molecule has 5 rings (SSSR count). The Kier molecular flexibility index (Phi) is 4.07. The molecular weight excluding hydrogens is 376 g/mol. The topological polar surface area (TPSA) is 76.0 Å². The van der Waals surface area contributed by atoms with Crippen molar-refractivity contribution >= 4 is 23.3 Å². The molecule has 0 radical (unpaired) electrons. The summed E-state index contributed by atoms with van der Waals surface area (Å²) in [5.41, 5.74) is 4.77. The van der Waals surface area contributed by atoms with E-state index < -0.39 is 5.41 Å². The van der Waals surface area contributed by atoms with Crippen LogP contribution in [0.5, 0.6) is 0 Å². The van der Waals surface area contributed by atoms with Crippen LogP contribution in [0.25, 0.3) is 0 Å². The van der Waals surface area contributed by atoms with Gasteiger partial charge < -0.3 is 10.6 Å². The molecule has 0 saturated carbocycles. The van der Waals surface area contributed by atoms with Crippen LogP contribution in [0.3, 0.4) is 0 Å². The first-order valence-corrected chi connectivity index (χ1v) is 10.3. The lowest BCUT2D eigenvalue weighted by atomic mass is 9.71. The van der Waals surface area contributed by atoms with Gasteiger partial charge in [-0.1, -0.05) is 55.8 Å². The van der Waals surface area contributed by atoms with Crippen molar-refractivity contribution < 1.29 is 9.59 Å². The number of hydrogen-bond acceptors (Lipinski definition) is 3. The molecule has 2 aliphatic heterocycles. The van der Waals surface area contributed by atoms with Gasteiger partial charge in [-0.3, -0.25) is 9.59 Å². The van der Waals surface area contributed by atoms with Crippen LogP contribution in [-0.4, -0.2) is 21.6 Å². The molecule has 1 aromatic heterocycles. The number of nitrogens with zero attached hydrogens (tertiary/aromatic N) is 2. The van der Waals surface area contributed by atoms with E-state index in [1.807, 2.05) is 19.1 Å². The Morgan fingerprint density at radius 1 is 1.07 bits per heavy atom. The van der Waals surface area contributed by atoms with E-state index in [9.17, 15) is 9.59 Å². The zero-order valence-corrected chi connectivity index (χ0v) is 17.3. The number of aryl methyl sites for hydroxylation is 1. The Morgan fingerprint density at radius 2 is 1.83 bits per heavy atom. The molecule has 6 nitrogen and oxygen atoms in total. The van der Waals surface area contributed by atoms with Gasteiger partial charge in [-0.15, -0.1) is 0 Å². The fraction of sp³-hybridized carbons (Fsp3) is 0.292. The summed E-state index contributed by atoms with van der Waals surface area (Å²) in [6.07, 6.45) is 1.82. The van der Waals surface area contributed by atoms with Gasteiger partial charge in [0.1, 0.15) is 11.2 Å². The zero-order valence-electron chi connectivity index (χ0n) is 17.3. The molecule has 1 spiro atoms. The third-order valence-corrected chi connectivity index (χ3v) is 6.24. The normalized spacial score (nSPS) is 19.6. The Hall–Kier alpha value is -3.41. The molecule has 6 heteroatoms. The number of rotatable bonds is 3. The number of benzene rings is 2. The maximum atomic E-state index is 13.3. The average molecular weight is 400 g/mol.